The normalized spacial score (nSPS) is 27.6. The minimum absolute atomic E-state index is 0.0849. The minimum Gasteiger partial charge on any atom is -0.359 e. The van der Waals surface area contributed by atoms with E-state index in [1.807, 2.05) is 6.07 Å². The first kappa shape index (κ1) is 18.7. The van der Waals surface area contributed by atoms with E-state index in [0.717, 1.165) is 19.4 Å². The first-order valence-electron chi connectivity index (χ1n) is 9.67. The van der Waals surface area contributed by atoms with E-state index in [-0.39, 0.29) is 24.7 Å². The Kier molecular flexibility index (Phi) is 6.16. The number of terminal acetylenes is 1. The molecule has 1 aliphatic heterocycles. The van der Waals surface area contributed by atoms with Crippen LogP contribution in [0.5, 0.6) is 0 Å². The SMILES string of the molecule is C#CCOC1C=CC2C(CCc3ccccc3)CC(=O)N(CC(C)C)C12. The number of hydrogen-bond donors (Lipinski definition) is 0. The molecule has 0 spiro atoms. The molecule has 0 bridgehead atoms. The second-order valence-electron chi connectivity index (χ2n) is 7.86. The van der Waals surface area contributed by atoms with Crippen LogP contribution >= 0.6 is 0 Å². The molecule has 1 aliphatic carbocycles. The lowest BCUT2D eigenvalue weighted by Crippen LogP contribution is -2.56. The molecule has 0 aromatic heterocycles. The van der Waals surface area contributed by atoms with Crippen molar-refractivity contribution in [3.63, 3.8) is 0 Å². The summed E-state index contributed by atoms with van der Waals surface area (Å²) < 4.78 is 5.88. The van der Waals surface area contributed by atoms with E-state index in [2.05, 4.69) is 61.1 Å². The van der Waals surface area contributed by atoms with Gasteiger partial charge in [-0.05, 0) is 30.2 Å². The summed E-state index contributed by atoms with van der Waals surface area (Å²) in [5, 5.41) is 0. The van der Waals surface area contributed by atoms with Crippen molar-refractivity contribution in [2.75, 3.05) is 13.2 Å². The largest absolute Gasteiger partial charge is 0.359 e. The molecule has 1 heterocycles. The van der Waals surface area contributed by atoms with Crippen molar-refractivity contribution >= 4 is 5.91 Å². The lowest BCUT2D eigenvalue weighted by atomic mass is 9.77. The van der Waals surface area contributed by atoms with Gasteiger partial charge in [-0.1, -0.05) is 62.3 Å². The molecule has 1 aromatic carbocycles. The second kappa shape index (κ2) is 8.56. The lowest BCUT2D eigenvalue weighted by Gasteiger charge is -2.44. The van der Waals surface area contributed by atoms with Gasteiger partial charge in [0.25, 0.3) is 0 Å². The molecule has 0 radical (unpaired) electrons. The fourth-order valence-electron chi connectivity index (χ4n) is 4.36. The number of carbonyl (C=O) groups excluding carboxylic acids is 1. The van der Waals surface area contributed by atoms with Gasteiger partial charge in [-0.2, -0.15) is 0 Å². The van der Waals surface area contributed by atoms with Crippen LogP contribution in [0.4, 0.5) is 0 Å². The Balaban J connectivity index is 1.74. The number of piperidine rings is 1. The van der Waals surface area contributed by atoms with Crippen molar-refractivity contribution in [1.29, 1.82) is 0 Å². The highest BCUT2D eigenvalue weighted by atomic mass is 16.5. The van der Waals surface area contributed by atoms with Crippen molar-refractivity contribution in [3.05, 3.63) is 48.0 Å². The fraction of sp³-hybridized carbons (Fsp3) is 0.522. The van der Waals surface area contributed by atoms with E-state index in [0.29, 0.717) is 24.2 Å². The maximum atomic E-state index is 12.9. The molecule has 26 heavy (non-hydrogen) atoms. The van der Waals surface area contributed by atoms with Crippen LogP contribution in [0.25, 0.3) is 0 Å². The molecular formula is C23H29NO2. The van der Waals surface area contributed by atoms with Crippen LogP contribution in [0.15, 0.2) is 42.5 Å². The molecule has 0 saturated carbocycles. The highest BCUT2D eigenvalue weighted by Gasteiger charge is 2.46. The zero-order valence-electron chi connectivity index (χ0n) is 15.8. The number of hydrogen-bond acceptors (Lipinski definition) is 2. The summed E-state index contributed by atoms with van der Waals surface area (Å²) in [4.78, 5) is 15.0. The average Bonchev–Trinajstić information content (AvgIpc) is 3.05. The summed E-state index contributed by atoms with van der Waals surface area (Å²) in [6.45, 7) is 5.38. The van der Waals surface area contributed by atoms with Crippen LogP contribution in [0.1, 0.15) is 32.3 Å². The van der Waals surface area contributed by atoms with E-state index in [4.69, 9.17) is 11.2 Å². The van der Waals surface area contributed by atoms with Gasteiger partial charge in [-0.25, -0.2) is 0 Å². The number of ether oxygens (including phenoxy) is 1. The van der Waals surface area contributed by atoms with Gasteiger partial charge < -0.3 is 9.64 Å². The van der Waals surface area contributed by atoms with Crippen LogP contribution in [0.2, 0.25) is 0 Å². The Morgan fingerprint density at radius 1 is 1.27 bits per heavy atom. The zero-order valence-corrected chi connectivity index (χ0v) is 15.8. The molecular weight excluding hydrogens is 322 g/mol. The predicted octanol–water partition coefficient (Wildman–Crippen LogP) is 3.70. The summed E-state index contributed by atoms with van der Waals surface area (Å²) in [5.41, 5.74) is 1.34. The van der Waals surface area contributed by atoms with Crippen molar-refractivity contribution in [2.24, 2.45) is 17.8 Å². The predicted molar refractivity (Wildman–Crippen MR) is 104 cm³/mol. The van der Waals surface area contributed by atoms with Crippen molar-refractivity contribution in [3.8, 4) is 12.3 Å². The smallest absolute Gasteiger partial charge is 0.223 e. The lowest BCUT2D eigenvalue weighted by molar-refractivity contribution is -0.145. The van der Waals surface area contributed by atoms with Crippen LogP contribution in [-0.2, 0) is 16.0 Å². The molecule has 0 N–H and O–H groups in total. The molecule has 4 atom stereocenters. The molecule has 1 amide bonds. The number of amides is 1. The Hall–Kier alpha value is -2.05. The van der Waals surface area contributed by atoms with Gasteiger partial charge in [0.05, 0.1) is 12.1 Å². The van der Waals surface area contributed by atoms with Gasteiger partial charge in [-0.3, -0.25) is 4.79 Å². The van der Waals surface area contributed by atoms with Gasteiger partial charge in [0, 0.05) is 18.9 Å². The third kappa shape index (κ3) is 4.19. The van der Waals surface area contributed by atoms with Gasteiger partial charge in [-0.15, -0.1) is 6.42 Å². The number of nitrogens with zero attached hydrogens (tertiary/aromatic N) is 1. The number of benzene rings is 1. The Bertz CT molecular complexity index is 673. The summed E-state index contributed by atoms with van der Waals surface area (Å²) >= 11 is 0. The molecule has 2 aliphatic rings. The molecule has 1 saturated heterocycles. The van der Waals surface area contributed by atoms with Gasteiger partial charge in [0.1, 0.15) is 6.61 Å². The van der Waals surface area contributed by atoms with E-state index < -0.39 is 0 Å². The maximum absolute atomic E-state index is 12.9. The number of fused-ring (bicyclic) bond motifs is 1. The van der Waals surface area contributed by atoms with E-state index in [1.54, 1.807) is 0 Å². The molecule has 3 nitrogen and oxygen atoms in total. The Morgan fingerprint density at radius 2 is 2.04 bits per heavy atom. The van der Waals surface area contributed by atoms with E-state index in [1.165, 1.54) is 5.56 Å². The van der Waals surface area contributed by atoms with Crippen LogP contribution in [0.3, 0.4) is 0 Å². The van der Waals surface area contributed by atoms with Crippen molar-refractivity contribution in [2.45, 2.75) is 45.3 Å². The average molecular weight is 351 g/mol. The molecule has 138 valence electrons. The number of likely N-dealkylation sites (tertiary alicyclic amines) is 1. The molecule has 1 aromatic rings. The fourth-order valence-corrected chi connectivity index (χ4v) is 4.36. The van der Waals surface area contributed by atoms with E-state index in [9.17, 15) is 4.79 Å². The van der Waals surface area contributed by atoms with Gasteiger partial charge in [0.2, 0.25) is 5.91 Å². The zero-order chi connectivity index (χ0) is 18.5. The van der Waals surface area contributed by atoms with E-state index >= 15 is 0 Å². The Morgan fingerprint density at radius 3 is 2.73 bits per heavy atom. The first-order valence-corrected chi connectivity index (χ1v) is 9.67. The van der Waals surface area contributed by atoms with Crippen molar-refractivity contribution < 1.29 is 9.53 Å². The quantitative estimate of drug-likeness (QED) is 0.554. The summed E-state index contributed by atoms with van der Waals surface area (Å²) in [6, 6.07) is 10.6. The van der Waals surface area contributed by atoms with Gasteiger partial charge >= 0.3 is 0 Å². The van der Waals surface area contributed by atoms with Crippen LogP contribution < -0.4 is 0 Å². The Labute approximate surface area is 157 Å². The first-order chi connectivity index (χ1) is 12.6. The number of aryl methyl sites for hydroxylation is 1. The van der Waals surface area contributed by atoms with Crippen LogP contribution in [-0.4, -0.2) is 36.1 Å². The second-order valence-corrected chi connectivity index (χ2v) is 7.86. The molecule has 4 unspecified atom stereocenters. The van der Waals surface area contributed by atoms with Gasteiger partial charge in [0.15, 0.2) is 0 Å². The standard InChI is InChI=1S/C23H29NO2/c1-4-14-26-21-13-12-20-19(11-10-18-8-6-5-7-9-18)15-22(25)24(23(20)21)16-17(2)3/h1,5-9,12-13,17,19-21,23H,10-11,14-16H2,2-3H3. The third-order valence-corrected chi connectivity index (χ3v) is 5.48. The topological polar surface area (TPSA) is 29.5 Å². The molecule has 3 heteroatoms. The molecule has 3 rings (SSSR count). The van der Waals surface area contributed by atoms with Crippen LogP contribution in [0, 0.1) is 30.1 Å². The minimum atomic E-state index is -0.0849. The number of rotatable bonds is 7. The summed E-state index contributed by atoms with van der Waals surface area (Å²) in [5.74, 6) is 3.98. The third-order valence-electron chi connectivity index (χ3n) is 5.48. The maximum Gasteiger partial charge on any atom is 0.223 e. The number of carbonyl (C=O) groups is 1. The van der Waals surface area contributed by atoms with Crippen molar-refractivity contribution in [1.82, 2.24) is 4.90 Å². The summed E-state index contributed by atoms with van der Waals surface area (Å²) in [7, 11) is 0. The summed E-state index contributed by atoms with van der Waals surface area (Å²) in [6.07, 6.45) is 12.3. The monoisotopic (exact) mass is 351 g/mol. The highest BCUT2D eigenvalue weighted by molar-refractivity contribution is 5.78. The molecule has 1 fully saturated rings. The highest BCUT2D eigenvalue weighted by Crippen LogP contribution is 2.40.